The molecule has 0 aliphatic rings. The van der Waals surface area contributed by atoms with E-state index < -0.39 is 4.92 Å². The minimum atomic E-state index is -0.504. The number of nitro groups is 1. The molecule has 0 saturated heterocycles. The van der Waals surface area contributed by atoms with E-state index in [1.807, 2.05) is 6.92 Å². The first kappa shape index (κ1) is 16.6. The summed E-state index contributed by atoms with van der Waals surface area (Å²) < 4.78 is 13.0. The first-order chi connectivity index (χ1) is 10.8. The van der Waals surface area contributed by atoms with Gasteiger partial charge in [-0.2, -0.15) is 0 Å². The van der Waals surface area contributed by atoms with Crippen LogP contribution in [0.1, 0.15) is 34.5 Å². The summed E-state index contributed by atoms with van der Waals surface area (Å²) in [5, 5.41) is 11.0. The van der Waals surface area contributed by atoms with Crippen LogP contribution in [-0.4, -0.2) is 22.8 Å². The summed E-state index contributed by atoms with van der Waals surface area (Å²) in [6.07, 6.45) is 0. The number of hydrogen-bond acceptors (Lipinski definition) is 3. The molecule has 0 aromatic heterocycles. The molecule has 6 heteroatoms. The van der Waals surface area contributed by atoms with E-state index >= 15 is 0 Å². The molecule has 2 rings (SSSR count). The van der Waals surface area contributed by atoms with Crippen molar-refractivity contribution in [1.82, 2.24) is 4.90 Å². The Bertz CT molecular complexity index is 744. The number of carbonyl (C=O) groups excluding carboxylic acids is 1. The van der Waals surface area contributed by atoms with Gasteiger partial charge in [0.15, 0.2) is 0 Å². The average Bonchev–Trinajstić information content (AvgIpc) is 2.53. The van der Waals surface area contributed by atoms with Gasteiger partial charge in [0, 0.05) is 24.2 Å². The minimum Gasteiger partial charge on any atom is -0.335 e. The molecule has 1 atom stereocenters. The summed E-state index contributed by atoms with van der Waals surface area (Å²) >= 11 is 0. The molecular weight excluding hydrogens is 299 g/mol. The number of nitrogens with zero attached hydrogens (tertiary/aromatic N) is 2. The van der Waals surface area contributed by atoms with Crippen molar-refractivity contribution in [3.8, 4) is 0 Å². The van der Waals surface area contributed by atoms with E-state index in [2.05, 4.69) is 0 Å². The standard InChI is InChI=1S/C17H17FN2O3/c1-11-4-5-14(10-16(11)20(22)23)17(21)19(3)12(2)13-6-8-15(18)9-7-13/h4-10,12H,1-3H3. The molecule has 0 aliphatic carbocycles. The molecule has 0 spiro atoms. The van der Waals surface area contributed by atoms with E-state index in [0.29, 0.717) is 5.56 Å². The van der Waals surface area contributed by atoms with Crippen LogP contribution in [0.2, 0.25) is 0 Å². The quantitative estimate of drug-likeness (QED) is 0.635. The van der Waals surface area contributed by atoms with Gasteiger partial charge in [-0.05, 0) is 37.6 Å². The van der Waals surface area contributed by atoms with Crippen LogP contribution in [0.3, 0.4) is 0 Å². The fourth-order valence-electron chi connectivity index (χ4n) is 2.28. The molecule has 23 heavy (non-hydrogen) atoms. The van der Waals surface area contributed by atoms with Gasteiger partial charge in [0.1, 0.15) is 5.82 Å². The fraction of sp³-hybridized carbons (Fsp3) is 0.235. The van der Waals surface area contributed by atoms with Gasteiger partial charge in [0.25, 0.3) is 11.6 Å². The largest absolute Gasteiger partial charge is 0.335 e. The number of rotatable bonds is 4. The molecule has 0 aliphatic heterocycles. The van der Waals surface area contributed by atoms with E-state index in [4.69, 9.17) is 0 Å². The summed E-state index contributed by atoms with van der Waals surface area (Å²) in [5.41, 5.74) is 1.45. The number of benzene rings is 2. The predicted octanol–water partition coefficient (Wildman–Crippen LogP) is 3.88. The highest BCUT2D eigenvalue weighted by atomic mass is 19.1. The molecule has 0 N–H and O–H groups in total. The Balaban J connectivity index is 2.27. The van der Waals surface area contributed by atoms with E-state index in [1.165, 1.54) is 23.1 Å². The van der Waals surface area contributed by atoms with Crippen LogP contribution in [0.4, 0.5) is 10.1 Å². The molecule has 0 fully saturated rings. The zero-order valence-electron chi connectivity index (χ0n) is 13.1. The lowest BCUT2D eigenvalue weighted by molar-refractivity contribution is -0.385. The molecular formula is C17H17FN2O3. The summed E-state index contributed by atoms with van der Waals surface area (Å²) in [6, 6.07) is 10.0. The van der Waals surface area contributed by atoms with Gasteiger partial charge >= 0.3 is 0 Å². The minimum absolute atomic E-state index is 0.0846. The maximum atomic E-state index is 13.0. The lowest BCUT2D eigenvalue weighted by atomic mass is 10.0. The summed E-state index contributed by atoms with van der Waals surface area (Å²) in [7, 11) is 1.61. The van der Waals surface area contributed by atoms with Crippen molar-refractivity contribution < 1.29 is 14.1 Å². The van der Waals surface area contributed by atoms with E-state index in [0.717, 1.165) is 5.56 Å². The maximum Gasteiger partial charge on any atom is 0.273 e. The van der Waals surface area contributed by atoms with Crippen LogP contribution in [-0.2, 0) is 0 Å². The van der Waals surface area contributed by atoms with Crippen LogP contribution >= 0.6 is 0 Å². The third kappa shape index (κ3) is 3.53. The summed E-state index contributed by atoms with van der Waals surface area (Å²) in [6.45, 7) is 3.44. The van der Waals surface area contributed by atoms with Crippen LogP contribution in [0, 0.1) is 22.9 Å². The summed E-state index contributed by atoms with van der Waals surface area (Å²) in [5.74, 6) is -0.672. The van der Waals surface area contributed by atoms with Gasteiger partial charge in [-0.1, -0.05) is 18.2 Å². The van der Waals surface area contributed by atoms with Crippen molar-refractivity contribution in [2.24, 2.45) is 0 Å². The predicted molar refractivity (Wildman–Crippen MR) is 84.7 cm³/mol. The third-order valence-electron chi connectivity index (χ3n) is 3.91. The Kier molecular flexibility index (Phi) is 4.74. The molecule has 0 saturated carbocycles. The molecule has 0 heterocycles. The number of carbonyl (C=O) groups is 1. The SMILES string of the molecule is Cc1ccc(C(=O)N(C)C(C)c2ccc(F)cc2)cc1[N+](=O)[O-]. The molecule has 2 aromatic carbocycles. The van der Waals surface area contributed by atoms with Crippen molar-refractivity contribution in [3.05, 3.63) is 75.1 Å². The van der Waals surface area contributed by atoms with Crippen LogP contribution in [0.25, 0.3) is 0 Å². The molecule has 1 unspecified atom stereocenters. The molecule has 0 bridgehead atoms. The van der Waals surface area contributed by atoms with E-state index in [9.17, 15) is 19.3 Å². The van der Waals surface area contributed by atoms with Gasteiger partial charge in [0.2, 0.25) is 0 Å². The lowest BCUT2D eigenvalue weighted by Crippen LogP contribution is -2.29. The van der Waals surface area contributed by atoms with Crippen molar-refractivity contribution in [2.45, 2.75) is 19.9 Å². The topological polar surface area (TPSA) is 63.5 Å². The Morgan fingerprint density at radius 1 is 1.22 bits per heavy atom. The van der Waals surface area contributed by atoms with Crippen LogP contribution in [0.15, 0.2) is 42.5 Å². The smallest absolute Gasteiger partial charge is 0.273 e. The van der Waals surface area contributed by atoms with Crippen molar-refractivity contribution >= 4 is 11.6 Å². The molecule has 2 aromatic rings. The highest BCUT2D eigenvalue weighted by Gasteiger charge is 2.21. The van der Waals surface area contributed by atoms with E-state index in [1.54, 1.807) is 38.2 Å². The highest BCUT2D eigenvalue weighted by Crippen LogP contribution is 2.24. The Morgan fingerprint density at radius 2 is 1.83 bits per heavy atom. The van der Waals surface area contributed by atoms with Gasteiger partial charge in [-0.25, -0.2) is 4.39 Å². The highest BCUT2D eigenvalue weighted by molar-refractivity contribution is 5.95. The molecule has 1 amide bonds. The summed E-state index contributed by atoms with van der Waals surface area (Å²) in [4.78, 5) is 24.5. The second-order valence-electron chi connectivity index (χ2n) is 5.40. The van der Waals surface area contributed by atoms with Gasteiger partial charge in [-0.15, -0.1) is 0 Å². The number of nitro benzene ring substituents is 1. The average molecular weight is 316 g/mol. The molecule has 120 valence electrons. The maximum absolute atomic E-state index is 13.0. The number of hydrogen-bond donors (Lipinski definition) is 0. The van der Waals surface area contributed by atoms with Gasteiger partial charge < -0.3 is 4.90 Å². The first-order valence-corrected chi connectivity index (χ1v) is 7.09. The van der Waals surface area contributed by atoms with Gasteiger partial charge in [-0.3, -0.25) is 14.9 Å². The number of halogens is 1. The van der Waals surface area contributed by atoms with Crippen molar-refractivity contribution in [1.29, 1.82) is 0 Å². The Labute approximate surface area is 133 Å². The normalized spacial score (nSPS) is 11.8. The zero-order chi connectivity index (χ0) is 17.1. The van der Waals surface area contributed by atoms with Gasteiger partial charge in [0.05, 0.1) is 11.0 Å². The van der Waals surface area contributed by atoms with Crippen molar-refractivity contribution in [2.75, 3.05) is 7.05 Å². The number of aryl methyl sites for hydroxylation is 1. The first-order valence-electron chi connectivity index (χ1n) is 7.09. The van der Waals surface area contributed by atoms with Crippen LogP contribution < -0.4 is 0 Å². The second kappa shape index (κ2) is 6.56. The monoisotopic (exact) mass is 316 g/mol. The third-order valence-corrected chi connectivity index (χ3v) is 3.91. The van der Waals surface area contributed by atoms with E-state index in [-0.39, 0.29) is 29.0 Å². The molecule has 5 nitrogen and oxygen atoms in total. The Morgan fingerprint density at radius 3 is 2.39 bits per heavy atom. The molecule has 0 radical (unpaired) electrons. The zero-order valence-corrected chi connectivity index (χ0v) is 13.1. The number of amides is 1. The second-order valence-corrected chi connectivity index (χ2v) is 5.40. The lowest BCUT2D eigenvalue weighted by Gasteiger charge is -2.25. The van der Waals surface area contributed by atoms with Crippen molar-refractivity contribution in [3.63, 3.8) is 0 Å². The Hall–Kier alpha value is -2.76. The fourth-order valence-corrected chi connectivity index (χ4v) is 2.28. The van der Waals surface area contributed by atoms with Crippen LogP contribution in [0.5, 0.6) is 0 Å².